The Labute approximate surface area is 162 Å². The molecule has 0 radical (unpaired) electrons. The molecule has 5 heterocycles. The molecule has 0 saturated carbocycles. The molecular formula is C21H22FN5O. The van der Waals surface area contributed by atoms with E-state index in [1.54, 1.807) is 18.5 Å². The van der Waals surface area contributed by atoms with E-state index in [1.165, 1.54) is 6.20 Å². The molecule has 3 aromatic heterocycles. The largest absolute Gasteiger partial charge is 0.334 e. The lowest BCUT2D eigenvalue weighted by Crippen LogP contribution is -2.47. The minimum Gasteiger partial charge on any atom is -0.334 e. The first-order valence-corrected chi connectivity index (χ1v) is 9.61. The molecule has 144 valence electrons. The molecule has 2 atom stereocenters. The molecule has 2 bridgehead atoms. The van der Waals surface area contributed by atoms with Crippen molar-refractivity contribution in [2.24, 2.45) is 13.0 Å². The van der Waals surface area contributed by atoms with Gasteiger partial charge in [0.1, 0.15) is 11.6 Å². The maximum atomic E-state index is 13.5. The Hall–Kier alpha value is -2.80. The molecule has 0 unspecified atom stereocenters. The van der Waals surface area contributed by atoms with Crippen molar-refractivity contribution in [1.29, 1.82) is 0 Å². The van der Waals surface area contributed by atoms with Crippen molar-refractivity contribution in [2.45, 2.75) is 25.4 Å². The molecule has 0 amide bonds. The van der Waals surface area contributed by atoms with E-state index in [1.807, 2.05) is 28.4 Å². The van der Waals surface area contributed by atoms with Gasteiger partial charge in [-0.1, -0.05) is 0 Å². The van der Waals surface area contributed by atoms with E-state index < -0.39 is 0 Å². The van der Waals surface area contributed by atoms with Gasteiger partial charge in [0.2, 0.25) is 0 Å². The molecule has 2 aliphatic rings. The summed E-state index contributed by atoms with van der Waals surface area (Å²) in [5, 5.41) is 0. The average Bonchev–Trinajstić information content (AvgIpc) is 3.08. The Morgan fingerprint density at radius 2 is 2.11 bits per heavy atom. The zero-order valence-electron chi connectivity index (χ0n) is 15.8. The predicted molar refractivity (Wildman–Crippen MR) is 103 cm³/mol. The van der Waals surface area contributed by atoms with Crippen LogP contribution < -0.4 is 5.56 Å². The van der Waals surface area contributed by atoms with E-state index in [0.717, 1.165) is 37.3 Å². The molecular weight excluding hydrogens is 357 g/mol. The topological polar surface area (TPSA) is 56.0 Å². The van der Waals surface area contributed by atoms with Crippen LogP contribution in [0.3, 0.4) is 0 Å². The van der Waals surface area contributed by atoms with E-state index in [2.05, 4.69) is 20.9 Å². The van der Waals surface area contributed by atoms with Crippen molar-refractivity contribution in [1.82, 2.24) is 24.0 Å². The lowest BCUT2D eigenvalue weighted by molar-refractivity contribution is 0.114. The highest BCUT2D eigenvalue weighted by atomic mass is 19.1. The molecule has 3 aromatic rings. The summed E-state index contributed by atoms with van der Waals surface area (Å²) < 4.78 is 17.3. The number of aryl methyl sites for hydroxylation is 1. The van der Waals surface area contributed by atoms with Crippen LogP contribution >= 0.6 is 0 Å². The maximum Gasteiger partial charge on any atom is 0.261 e. The van der Waals surface area contributed by atoms with Crippen molar-refractivity contribution >= 4 is 0 Å². The van der Waals surface area contributed by atoms with Crippen LogP contribution in [0.25, 0.3) is 11.4 Å². The Balaban J connectivity index is 1.44. The summed E-state index contributed by atoms with van der Waals surface area (Å²) in [6.45, 7) is 3.19. The average molecular weight is 379 g/mol. The summed E-state index contributed by atoms with van der Waals surface area (Å²) in [5.74, 6) is 1.14. The number of piperidine rings is 1. The zero-order valence-corrected chi connectivity index (χ0v) is 15.8. The third-order valence-electron chi connectivity index (χ3n) is 5.91. The molecule has 6 nitrogen and oxygen atoms in total. The highest BCUT2D eigenvalue weighted by Crippen LogP contribution is 2.36. The maximum absolute atomic E-state index is 13.5. The van der Waals surface area contributed by atoms with Gasteiger partial charge in [-0.3, -0.25) is 14.7 Å². The second-order valence-electron chi connectivity index (χ2n) is 7.95. The van der Waals surface area contributed by atoms with E-state index in [0.29, 0.717) is 29.8 Å². The first kappa shape index (κ1) is 17.3. The number of halogens is 1. The third-order valence-corrected chi connectivity index (χ3v) is 5.91. The van der Waals surface area contributed by atoms with Gasteiger partial charge in [-0.2, -0.15) is 0 Å². The van der Waals surface area contributed by atoms with E-state index in [4.69, 9.17) is 0 Å². The fourth-order valence-corrected chi connectivity index (χ4v) is 4.77. The fraction of sp³-hybridized carbons (Fsp3) is 0.381. The molecule has 0 aromatic carbocycles. The second kappa shape index (κ2) is 6.67. The van der Waals surface area contributed by atoms with E-state index >= 15 is 0 Å². The molecule has 0 N–H and O–H groups in total. The number of nitrogens with zero attached hydrogens (tertiary/aromatic N) is 5. The van der Waals surface area contributed by atoms with Gasteiger partial charge in [-0.15, -0.1) is 0 Å². The van der Waals surface area contributed by atoms with Gasteiger partial charge in [0.25, 0.3) is 5.56 Å². The quantitative estimate of drug-likeness (QED) is 0.701. The van der Waals surface area contributed by atoms with Crippen LogP contribution in [-0.4, -0.2) is 37.1 Å². The summed E-state index contributed by atoms with van der Waals surface area (Å²) in [7, 11) is 1.90. The van der Waals surface area contributed by atoms with Crippen LogP contribution in [-0.2, 0) is 20.1 Å². The third kappa shape index (κ3) is 2.96. The number of rotatable bonds is 3. The Morgan fingerprint density at radius 3 is 2.89 bits per heavy atom. The smallest absolute Gasteiger partial charge is 0.261 e. The summed E-state index contributed by atoms with van der Waals surface area (Å²) >= 11 is 0. The van der Waals surface area contributed by atoms with Gasteiger partial charge in [-0.05, 0) is 36.1 Å². The molecule has 5 rings (SSSR count). The van der Waals surface area contributed by atoms with Crippen LogP contribution in [0.4, 0.5) is 4.39 Å². The van der Waals surface area contributed by atoms with Crippen molar-refractivity contribution in [3.05, 3.63) is 70.4 Å². The number of imidazole rings is 1. The normalized spacial score (nSPS) is 21.5. The van der Waals surface area contributed by atoms with Crippen molar-refractivity contribution < 1.29 is 4.39 Å². The highest BCUT2D eigenvalue weighted by Gasteiger charge is 2.35. The first-order chi connectivity index (χ1) is 13.6. The zero-order chi connectivity index (χ0) is 19.3. The molecule has 2 aliphatic heterocycles. The lowest BCUT2D eigenvalue weighted by atomic mass is 9.83. The number of hydrogen-bond acceptors (Lipinski definition) is 4. The number of pyridine rings is 2. The Kier molecular flexibility index (Phi) is 4.12. The lowest BCUT2D eigenvalue weighted by Gasteiger charge is -2.43. The monoisotopic (exact) mass is 379 g/mol. The molecule has 28 heavy (non-hydrogen) atoms. The van der Waals surface area contributed by atoms with Crippen LogP contribution in [0.5, 0.6) is 0 Å². The molecule has 1 saturated heterocycles. The number of aromatic nitrogens is 4. The minimum absolute atomic E-state index is 0.0456. The highest BCUT2D eigenvalue weighted by molar-refractivity contribution is 5.54. The van der Waals surface area contributed by atoms with Gasteiger partial charge < -0.3 is 9.13 Å². The summed E-state index contributed by atoms with van der Waals surface area (Å²) in [6, 6.07) is 5.54. The number of fused-ring (bicyclic) bond motifs is 4. The Morgan fingerprint density at radius 1 is 1.21 bits per heavy atom. The minimum atomic E-state index is -0.298. The van der Waals surface area contributed by atoms with Crippen molar-refractivity contribution in [3.63, 3.8) is 0 Å². The molecule has 0 spiro atoms. The predicted octanol–water partition coefficient (Wildman–Crippen LogP) is 2.40. The summed E-state index contributed by atoms with van der Waals surface area (Å²) in [4.78, 5) is 23.8. The van der Waals surface area contributed by atoms with E-state index in [9.17, 15) is 9.18 Å². The first-order valence-electron chi connectivity index (χ1n) is 9.61. The van der Waals surface area contributed by atoms with Crippen molar-refractivity contribution in [2.75, 3.05) is 13.1 Å². The van der Waals surface area contributed by atoms with Gasteiger partial charge in [0.15, 0.2) is 0 Å². The second-order valence-corrected chi connectivity index (χ2v) is 7.95. The fourth-order valence-electron chi connectivity index (χ4n) is 4.77. The SMILES string of the molecule is Cn1ccnc1-c1ccc2n(c1=O)C[C@H]1C[C@@H]2CN(Cc2cncc(F)c2)C1. The summed E-state index contributed by atoms with van der Waals surface area (Å²) in [6.07, 6.45) is 7.62. The molecule has 0 aliphatic carbocycles. The van der Waals surface area contributed by atoms with Crippen LogP contribution in [0.15, 0.2) is 47.8 Å². The van der Waals surface area contributed by atoms with Crippen LogP contribution in [0.2, 0.25) is 0 Å². The van der Waals surface area contributed by atoms with E-state index in [-0.39, 0.29) is 11.4 Å². The molecule has 1 fully saturated rings. The Bertz CT molecular complexity index is 1090. The van der Waals surface area contributed by atoms with Crippen LogP contribution in [0.1, 0.15) is 23.6 Å². The van der Waals surface area contributed by atoms with Gasteiger partial charge in [0.05, 0.1) is 11.8 Å². The van der Waals surface area contributed by atoms with Gasteiger partial charge in [0, 0.05) is 63.4 Å². The number of hydrogen-bond donors (Lipinski definition) is 0. The van der Waals surface area contributed by atoms with Crippen molar-refractivity contribution in [3.8, 4) is 11.4 Å². The number of likely N-dealkylation sites (tertiary alicyclic amines) is 1. The van der Waals surface area contributed by atoms with Crippen LogP contribution in [0, 0.1) is 11.7 Å². The summed E-state index contributed by atoms with van der Waals surface area (Å²) in [5.41, 5.74) is 2.69. The van der Waals surface area contributed by atoms with Gasteiger partial charge >= 0.3 is 0 Å². The van der Waals surface area contributed by atoms with Gasteiger partial charge in [-0.25, -0.2) is 9.37 Å². The molecule has 7 heteroatoms. The standard InChI is InChI=1S/C21H22FN5O/c1-25-5-4-24-20(25)18-2-3-19-16-6-15(12-27(19)21(18)28)11-26(13-16)10-14-7-17(22)9-23-8-14/h2-5,7-9,15-16H,6,10-13H2,1H3/t15-,16+/m0/s1.